The first-order chi connectivity index (χ1) is 8.25. The van der Waals surface area contributed by atoms with Crippen molar-refractivity contribution in [2.75, 3.05) is 26.7 Å². The summed E-state index contributed by atoms with van der Waals surface area (Å²) in [4.78, 5) is 17.5. The number of carbonyl (C=O) groups excluding carboxylic acids is 1. The van der Waals surface area contributed by atoms with Crippen molar-refractivity contribution in [3.8, 4) is 0 Å². The van der Waals surface area contributed by atoms with Gasteiger partial charge in [0.15, 0.2) is 0 Å². The lowest BCUT2D eigenvalue weighted by molar-refractivity contribution is -0.134. The lowest BCUT2D eigenvalue weighted by Gasteiger charge is -2.25. The molecule has 1 amide bonds. The molecule has 0 radical (unpaired) electrons. The smallest absolute Gasteiger partial charge is 0.225 e. The van der Waals surface area contributed by atoms with Crippen molar-refractivity contribution in [1.82, 2.24) is 25.4 Å². The Bertz CT molecular complexity index is 348. The number of morpholine rings is 1. The molecule has 1 saturated heterocycles. The number of amides is 1. The van der Waals surface area contributed by atoms with E-state index in [1.165, 1.54) is 6.33 Å². The molecular formula is C10H17N5O2. The molecule has 1 aliphatic rings. The van der Waals surface area contributed by atoms with Crippen molar-refractivity contribution in [3.63, 3.8) is 0 Å². The van der Waals surface area contributed by atoms with Gasteiger partial charge < -0.3 is 15.0 Å². The van der Waals surface area contributed by atoms with Gasteiger partial charge in [0.2, 0.25) is 5.91 Å². The molecule has 1 aliphatic heterocycles. The molecule has 2 heterocycles. The Morgan fingerprint density at radius 3 is 3.24 bits per heavy atom. The van der Waals surface area contributed by atoms with Gasteiger partial charge in [-0.1, -0.05) is 0 Å². The van der Waals surface area contributed by atoms with Gasteiger partial charge in [0, 0.05) is 20.1 Å². The topological polar surface area (TPSA) is 83.1 Å². The second kappa shape index (κ2) is 5.74. The minimum absolute atomic E-state index is 0.0200. The van der Waals surface area contributed by atoms with Gasteiger partial charge in [-0.15, -0.1) is 0 Å². The van der Waals surface area contributed by atoms with E-state index in [2.05, 4.69) is 20.5 Å². The average molecular weight is 239 g/mol. The molecule has 7 nitrogen and oxygen atoms in total. The van der Waals surface area contributed by atoms with Crippen LogP contribution in [0, 0.1) is 0 Å². The van der Waals surface area contributed by atoms with E-state index in [9.17, 15) is 4.79 Å². The molecule has 2 N–H and O–H groups in total. The summed E-state index contributed by atoms with van der Waals surface area (Å²) in [5.74, 6) is 0.735. The van der Waals surface area contributed by atoms with Gasteiger partial charge in [-0.2, -0.15) is 5.10 Å². The molecule has 7 heteroatoms. The summed E-state index contributed by atoms with van der Waals surface area (Å²) in [5, 5.41) is 9.67. The van der Waals surface area contributed by atoms with E-state index in [1.807, 2.05) is 0 Å². The van der Waals surface area contributed by atoms with Crippen molar-refractivity contribution >= 4 is 5.91 Å². The molecule has 17 heavy (non-hydrogen) atoms. The Hall–Kier alpha value is -1.47. The molecule has 1 atom stereocenters. The van der Waals surface area contributed by atoms with Crippen molar-refractivity contribution in [3.05, 3.63) is 12.2 Å². The second-order valence-corrected chi connectivity index (χ2v) is 4.08. The van der Waals surface area contributed by atoms with Crippen molar-refractivity contribution < 1.29 is 9.53 Å². The fourth-order valence-electron chi connectivity index (χ4n) is 1.72. The maximum Gasteiger partial charge on any atom is 0.225 e. The number of nitrogens with one attached hydrogen (secondary N) is 2. The zero-order valence-corrected chi connectivity index (χ0v) is 9.85. The van der Waals surface area contributed by atoms with E-state index < -0.39 is 0 Å². The molecule has 0 bridgehead atoms. The van der Waals surface area contributed by atoms with Crippen LogP contribution in [0.4, 0.5) is 0 Å². The van der Waals surface area contributed by atoms with Crippen LogP contribution < -0.4 is 5.32 Å². The molecule has 0 aromatic carbocycles. The molecule has 0 aliphatic carbocycles. The second-order valence-electron chi connectivity index (χ2n) is 4.08. The van der Waals surface area contributed by atoms with E-state index in [0.29, 0.717) is 25.4 Å². The largest absolute Gasteiger partial charge is 0.375 e. The monoisotopic (exact) mass is 239 g/mol. The van der Waals surface area contributed by atoms with Gasteiger partial charge in [0.1, 0.15) is 12.2 Å². The van der Waals surface area contributed by atoms with Crippen LogP contribution in [-0.4, -0.2) is 58.8 Å². The third-order valence-corrected chi connectivity index (χ3v) is 2.68. The quantitative estimate of drug-likeness (QED) is 0.714. The van der Waals surface area contributed by atoms with Gasteiger partial charge in [-0.3, -0.25) is 9.89 Å². The number of H-pyrrole nitrogens is 1. The summed E-state index contributed by atoms with van der Waals surface area (Å²) in [5.41, 5.74) is 0. The van der Waals surface area contributed by atoms with E-state index >= 15 is 0 Å². The Balaban J connectivity index is 1.78. The van der Waals surface area contributed by atoms with Gasteiger partial charge in [-0.25, -0.2) is 4.98 Å². The van der Waals surface area contributed by atoms with Crippen LogP contribution in [0.1, 0.15) is 12.2 Å². The van der Waals surface area contributed by atoms with Crippen LogP contribution in [-0.2, 0) is 16.1 Å². The summed E-state index contributed by atoms with van der Waals surface area (Å²) >= 11 is 0. The number of carbonyl (C=O) groups is 1. The highest BCUT2D eigenvalue weighted by Gasteiger charge is 2.20. The summed E-state index contributed by atoms with van der Waals surface area (Å²) < 4.78 is 5.49. The molecule has 1 fully saturated rings. The number of hydrogen-bond donors (Lipinski definition) is 2. The highest BCUT2D eigenvalue weighted by atomic mass is 16.5. The maximum atomic E-state index is 11.9. The normalized spacial score (nSPS) is 20.2. The van der Waals surface area contributed by atoms with Gasteiger partial charge in [0.25, 0.3) is 0 Å². The summed E-state index contributed by atoms with van der Waals surface area (Å²) in [6.45, 7) is 2.71. The van der Waals surface area contributed by atoms with Crippen LogP contribution in [0.25, 0.3) is 0 Å². The van der Waals surface area contributed by atoms with Crippen LogP contribution in [0.3, 0.4) is 0 Å². The molecule has 1 aromatic rings. The molecule has 1 unspecified atom stereocenters. The standard InChI is InChI=1S/C10H17N5O2/c1-15(6-9-12-7-13-14-9)10(16)4-8-5-11-2-3-17-8/h7-8,11H,2-6H2,1H3,(H,12,13,14). The highest BCUT2D eigenvalue weighted by Crippen LogP contribution is 2.05. The zero-order valence-electron chi connectivity index (χ0n) is 9.85. The van der Waals surface area contributed by atoms with Gasteiger partial charge in [-0.05, 0) is 0 Å². The van der Waals surface area contributed by atoms with Crippen molar-refractivity contribution in [2.45, 2.75) is 19.1 Å². The Labute approximate surface area is 99.5 Å². The molecule has 0 spiro atoms. The number of hydrogen-bond acceptors (Lipinski definition) is 5. The molecule has 1 aromatic heterocycles. The first-order valence-corrected chi connectivity index (χ1v) is 5.66. The minimum atomic E-state index is -0.0200. The average Bonchev–Trinajstić information content (AvgIpc) is 2.83. The lowest BCUT2D eigenvalue weighted by atomic mass is 10.2. The third kappa shape index (κ3) is 3.50. The fourth-order valence-corrected chi connectivity index (χ4v) is 1.72. The van der Waals surface area contributed by atoms with E-state index in [1.54, 1.807) is 11.9 Å². The molecule has 94 valence electrons. The molecular weight excluding hydrogens is 222 g/mol. The Morgan fingerprint density at radius 1 is 1.71 bits per heavy atom. The number of aromatic amines is 1. The van der Waals surface area contributed by atoms with Gasteiger partial charge in [0.05, 0.1) is 25.7 Å². The Kier molecular flexibility index (Phi) is 4.05. The summed E-state index contributed by atoms with van der Waals surface area (Å²) in [6.07, 6.45) is 1.81. The van der Waals surface area contributed by atoms with Crippen LogP contribution >= 0.6 is 0 Å². The predicted octanol–water partition coefficient (Wildman–Crippen LogP) is -0.858. The van der Waals surface area contributed by atoms with Crippen LogP contribution in [0.15, 0.2) is 6.33 Å². The lowest BCUT2D eigenvalue weighted by Crippen LogP contribution is -2.41. The van der Waals surface area contributed by atoms with E-state index in [0.717, 1.165) is 13.1 Å². The predicted molar refractivity (Wildman–Crippen MR) is 60.1 cm³/mol. The SMILES string of the molecule is CN(Cc1ncn[nH]1)C(=O)CC1CNCCO1. The van der Waals surface area contributed by atoms with Gasteiger partial charge >= 0.3 is 0 Å². The summed E-state index contributed by atoms with van der Waals surface area (Å²) in [7, 11) is 1.75. The minimum Gasteiger partial charge on any atom is -0.375 e. The first kappa shape index (κ1) is 12.0. The summed E-state index contributed by atoms with van der Waals surface area (Å²) in [6, 6.07) is 0. The first-order valence-electron chi connectivity index (χ1n) is 5.66. The van der Waals surface area contributed by atoms with Crippen molar-refractivity contribution in [1.29, 1.82) is 0 Å². The van der Waals surface area contributed by atoms with E-state index in [-0.39, 0.29) is 12.0 Å². The van der Waals surface area contributed by atoms with Crippen LogP contribution in [0.5, 0.6) is 0 Å². The van der Waals surface area contributed by atoms with Crippen LogP contribution in [0.2, 0.25) is 0 Å². The highest BCUT2D eigenvalue weighted by molar-refractivity contribution is 5.76. The Morgan fingerprint density at radius 2 is 2.59 bits per heavy atom. The third-order valence-electron chi connectivity index (χ3n) is 2.68. The number of ether oxygens (including phenoxy) is 1. The van der Waals surface area contributed by atoms with E-state index in [4.69, 9.17) is 4.74 Å². The molecule has 0 saturated carbocycles. The zero-order chi connectivity index (χ0) is 12.1. The number of aromatic nitrogens is 3. The van der Waals surface area contributed by atoms with Crippen molar-refractivity contribution in [2.24, 2.45) is 0 Å². The number of rotatable bonds is 4. The maximum absolute atomic E-state index is 11.9. The number of nitrogens with zero attached hydrogens (tertiary/aromatic N) is 3. The molecule has 2 rings (SSSR count). The fraction of sp³-hybridized carbons (Fsp3) is 0.700.